The Kier molecular flexibility index (Phi) is 12.5. The van der Waals surface area contributed by atoms with Crippen LogP contribution in [0.4, 0.5) is 5.69 Å². The molecule has 2 aliphatic heterocycles. The van der Waals surface area contributed by atoms with E-state index >= 15 is 0 Å². The fourth-order valence-electron chi connectivity index (χ4n) is 7.76. The molecule has 0 aliphatic carbocycles. The van der Waals surface area contributed by atoms with E-state index in [9.17, 15) is 9.59 Å². The van der Waals surface area contributed by atoms with Crippen LogP contribution in [0, 0.1) is 6.92 Å². The van der Waals surface area contributed by atoms with E-state index in [2.05, 4.69) is 94.5 Å². The number of nitrogens with zero attached hydrogens (tertiary/aromatic N) is 4. The first-order valence-corrected chi connectivity index (χ1v) is 19.9. The summed E-state index contributed by atoms with van der Waals surface area (Å²) in [6.45, 7) is 14.3. The van der Waals surface area contributed by atoms with Gasteiger partial charge in [0.15, 0.2) is 5.65 Å². The number of carbonyl (C=O) groups is 2. The summed E-state index contributed by atoms with van der Waals surface area (Å²) < 4.78 is 7.52. The van der Waals surface area contributed by atoms with Crippen molar-refractivity contribution in [3.63, 3.8) is 0 Å². The number of rotatable bonds is 13. The number of hydrogen-bond acceptors (Lipinski definition) is 8. The lowest BCUT2D eigenvalue weighted by Gasteiger charge is -2.26. The molecule has 3 aromatic carbocycles. The quantitative estimate of drug-likeness (QED) is 0.112. The molecule has 2 aromatic heterocycles. The van der Waals surface area contributed by atoms with E-state index in [4.69, 9.17) is 9.72 Å². The maximum absolute atomic E-state index is 13.6. The smallest absolute Gasteiger partial charge is 0.251 e. The molecular weight excluding hydrogens is 689 g/mol. The number of fused-ring (bicyclic) bond motifs is 1. The van der Waals surface area contributed by atoms with Crippen LogP contribution < -0.4 is 21.3 Å². The SMILES string of the molecule is CCc1nc2c(cnn2CC)c(NC2CCOCC2)c1CNC(=O)c1cccc(C(=O)NCc2cc(C)cc(-c3cccc(CN4CCCNCC4)c3)c2)c1. The summed E-state index contributed by atoms with van der Waals surface area (Å²) >= 11 is 0. The predicted octanol–water partition coefficient (Wildman–Crippen LogP) is 6.24. The fraction of sp³-hybridized carbons (Fsp3) is 0.409. The number of amides is 2. The Morgan fingerprint density at radius 2 is 1.64 bits per heavy atom. The molecule has 4 heterocycles. The fourth-order valence-corrected chi connectivity index (χ4v) is 7.76. The maximum atomic E-state index is 13.6. The molecule has 288 valence electrons. The van der Waals surface area contributed by atoms with Gasteiger partial charge < -0.3 is 26.0 Å². The standard InChI is InChI=1S/C44H54N8O3/c1-4-40-38(41(49-37-13-19-55-20-14-37)39-28-48-52(5-2)42(39)50-40)27-47-44(54)35-12-7-11-34(25-35)43(53)46-26-32-21-30(3)22-36(24-32)33-10-6-9-31(23-33)29-51-17-8-15-45-16-18-51/h6-7,9-12,21-25,28,37,45H,4-5,8,13-20,26-27,29H2,1-3H3,(H,46,53)(H,47,54)(H,49,50). The Morgan fingerprint density at radius 1 is 0.873 bits per heavy atom. The van der Waals surface area contributed by atoms with E-state index in [0.717, 1.165) is 103 Å². The van der Waals surface area contributed by atoms with Crippen molar-refractivity contribution in [1.82, 2.24) is 35.6 Å². The van der Waals surface area contributed by atoms with Crippen LogP contribution in [0.1, 0.15) is 81.8 Å². The van der Waals surface area contributed by atoms with Gasteiger partial charge >= 0.3 is 0 Å². The normalized spacial score (nSPS) is 15.5. The van der Waals surface area contributed by atoms with Crippen LogP contribution in [0.15, 0.2) is 72.9 Å². The number of pyridine rings is 1. The van der Waals surface area contributed by atoms with Crippen LogP contribution in [-0.2, 0) is 37.3 Å². The van der Waals surface area contributed by atoms with Gasteiger partial charge in [-0.05, 0) is 105 Å². The lowest BCUT2D eigenvalue weighted by Crippen LogP contribution is -2.30. The highest BCUT2D eigenvalue weighted by molar-refractivity contribution is 6.00. The lowest BCUT2D eigenvalue weighted by molar-refractivity contribution is 0.0904. The third kappa shape index (κ3) is 9.41. The van der Waals surface area contributed by atoms with E-state index < -0.39 is 0 Å². The summed E-state index contributed by atoms with van der Waals surface area (Å²) in [5.41, 5.74) is 10.3. The zero-order chi connectivity index (χ0) is 38.1. The molecule has 0 radical (unpaired) electrons. The molecule has 2 aliphatic rings. The topological polar surface area (TPSA) is 125 Å². The highest BCUT2D eigenvalue weighted by Gasteiger charge is 2.22. The Balaban J connectivity index is 1.02. The Bertz CT molecular complexity index is 2110. The zero-order valence-corrected chi connectivity index (χ0v) is 32.4. The molecule has 0 atom stereocenters. The highest BCUT2D eigenvalue weighted by atomic mass is 16.5. The third-order valence-electron chi connectivity index (χ3n) is 10.7. The van der Waals surface area contributed by atoms with E-state index in [-0.39, 0.29) is 17.9 Å². The minimum absolute atomic E-state index is 0.231. The Hall–Kier alpha value is -5.10. The first-order chi connectivity index (χ1) is 26.9. The summed E-state index contributed by atoms with van der Waals surface area (Å²) in [6.07, 6.45) is 5.56. The number of aryl methyl sites for hydroxylation is 3. The van der Waals surface area contributed by atoms with Crippen molar-refractivity contribution in [2.45, 2.75) is 78.7 Å². The van der Waals surface area contributed by atoms with Crippen LogP contribution in [-0.4, -0.2) is 76.9 Å². The predicted molar refractivity (Wildman–Crippen MR) is 218 cm³/mol. The minimum Gasteiger partial charge on any atom is -0.381 e. The van der Waals surface area contributed by atoms with E-state index in [0.29, 0.717) is 37.2 Å². The van der Waals surface area contributed by atoms with E-state index in [1.165, 1.54) is 17.5 Å². The van der Waals surface area contributed by atoms with Gasteiger partial charge in [-0.3, -0.25) is 14.5 Å². The maximum Gasteiger partial charge on any atom is 0.251 e. The van der Waals surface area contributed by atoms with Crippen molar-refractivity contribution in [2.75, 3.05) is 44.7 Å². The average Bonchev–Trinajstić information content (AvgIpc) is 3.46. The molecule has 0 spiro atoms. The monoisotopic (exact) mass is 742 g/mol. The number of aromatic nitrogens is 3. The number of benzene rings is 3. The second-order valence-electron chi connectivity index (χ2n) is 14.7. The van der Waals surface area contributed by atoms with Gasteiger partial charge in [-0.25, -0.2) is 9.67 Å². The van der Waals surface area contributed by atoms with Crippen molar-refractivity contribution >= 4 is 28.5 Å². The van der Waals surface area contributed by atoms with Gasteiger partial charge in [0, 0.05) is 80.9 Å². The van der Waals surface area contributed by atoms with Crippen LogP contribution in [0.3, 0.4) is 0 Å². The Labute approximate surface area is 324 Å². The first kappa shape index (κ1) is 38.2. The van der Waals surface area contributed by atoms with Gasteiger partial charge in [0.1, 0.15) is 0 Å². The van der Waals surface area contributed by atoms with Gasteiger partial charge in [-0.2, -0.15) is 5.10 Å². The molecule has 11 nitrogen and oxygen atoms in total. The van der Waals surface area contributed by atoms with Gasteiger partial charge in [0.25, 0.3) is 11.8 Å². The first-order valence-electron chi connectivity index (χ1n) is 19.9. The van der Waals surface area contributed by atoms with Crippen molar-refractivity contribution in [3.05, 3.63) is 112 Å². The van der Waals surface area contributed by atoms with Gasteiger partial charge in [0.2, 0.25) is 0 Å². The second-order valence-corrected chi connectivity index (χ2v) is 14.7. The molecule has 2 saturated heterocycles. The average molecular weight is 743 g/mol. The third-order valence-corrected chi connectivity index (χ3v) is 10.7. The number of hydrogen-bond donors (Lipinski definition) is 4. The molecule has 2 fully saturated rings. The van der Waals surface area contributed by atoms with Crippen molar-refractivity contribution in [2.24, 2.45) is 0 Å². The van der Waals surface area contributed by atoms with Crippen LogP contribution in [0.2, 0.25) is 0 Å². The summed E-state index contributed by atoms with van der Waals surface area (Å²) in [7, 11) is 0. The summed E-state index contributed by atoms with van der Waals surface area (Å²) in [6, 6.07) is 22.4. The van der Waals surface area contributed by atoms with Crippen molar-refractivity contribution in [1.29, 1.82) is 0 Å². The van der Waals surface area contributed by atoms with Gasteiger partial charge in [0.05, 0.1) is 17.3 Å². The highest BCUT2D eigenvalue weighted by Crippen LogP contribution is 2.31. The molecule has 5 aromatic rings. The zero-order valence-electron chi connectivity index (χ0n) is 32.4. The van der Waals surface area contributed by atoms with Gasteiger partial charge in [-0.1, -0.05) is 48.9 Å². The molecular formula is C44H54N8O3. The molecule has 4 N–H and O–H groups in total. The van der Waals surface area contributed by atoms with Crippen LogP contribution in [0.5, 0.6) is 0 Å². The number of nitrogens with one attached hydrogen (secondary N) is 4. The summed E-state index contributed by atoms with van der Waals surface area (Å²) in [5, 5.41) is 19.0. The number of ether oxygens (including phenoxy) is 1. The molecule has 55 heavy (non-hydrogen) atoms. The number of anilines is 1. The van der Waals surface area contributed by atoms with Gasteiger partial charge in [-0.15, -0.1) is 0 Å². The summed E-state index contributed by atoms with van der Waals surface area (Å²) in [4.78, 5) is 34.6. The largest absolute Gasteiger partial charge is 0.381 e. The molecule has 0 bridgehead atoms. The van der Waals surface area contributed by atoms with E-state index in [1.807, 2.05) is 10.9 Å². The second kappa shape index (κ2) is 18.0. The Morgan fingerprint density at radius 3 is 2.42 bits per heavy atom. The van der Waals surface area contributed by atoms with Crippen LogP contribution >= 0.6 is 0 Å². The molecule has 2 amide bonds. The van der Waals surface area contributed by atoms with E-state index in [1.54, 1.807) is 24.3 Å². The number of carbonyl (C=O) groups excluding carboxylic acids is 2. The van der Waals surface area contributed by atoms with Crippen molar-refractivity contribution in [3.8, 4) is 11.1 Å². The molecule has 11 heteroatoms. The summed E-state index contributed by atoms with van der Waals surface area (Å²) in [5.74, 6) is -0.485. The van der Waals surface area contributed by atoms with Crippen molar-refractivity contribution < 1.29 is 14.3 Å². The molecule has 0 saturated carbocycles. The minimum atomic E-state index is -0.254. The molecule has 7 rings (SSSR count). The van der Waals surface area contributed by atoms with Crippen LogP contribution in [0.25, 0.3) is 22.2 Å². The molecule has 0 unspecified atom stereocenters. The lowest BCUT2D eigenvalue weighted by atomic mass is 9.98.